The van der Waals surface area contributed by atoms with E-state index in [1.165, 1.54) is 18.9 Å². The molecule has 11 heteroatoms. The van der Waals surface area contributed by atoms with E-state index in [1.807, 2.05) is 44.9 Å². The standard InChI is InChI=1S/C31H40F4N3O2PS/c1-6-41(39,7-2)21-13-14-26(27(18-21)40-5)36-16-9-11-28-22(19-31(33,34)35)23-10-8-12-29(30(23,3)42-28)37-25-15-17-38(4)20-24(25)32/h8,10,12-14,18,24-25,29,36-37H,6-7,15-17,19-20H2,1-5H3/t24-,25+,29?,30?/m1/s1. The van der Waals surface area contributed by atoms with Crippen LogP contribution in [0.1, 0.15) is 33.6 Å². The number of hydrogen-bond acceptors (Lipinski definition) is 6. The van der Waals surface area contributed by atoms with Gasteiger partial charge in [0.05, 0.1) is 35.4 Å². The highest BCUT2D eigenvalue weighted by Gasteiger charge is 2.49. The Labute approximate surface area is 251 Å². The first-order valence-corrected chi connectivity index (χ1v) is 17.2. The van der Waals surface area contributed by atoms with E-state index in [2.05, 4.69) is 22.5 Å². The van der Waals surface area contributed by atoms with Crippen molar-refractivity contribution in [2.75, 3.05) is 51.4 Å². The Bertz CT molecular complexity index is 1360. The topological polar surface area (TPSA) is 53.6 Å². The quantitative estimate of drug-likeness (QED) is 0.190. The second kappa shape index (κ2) is 13.2. The maximum atomic E-state index is 14.9. The van der Waals surface area contributed by atoms with Crippen molar-refractivity contribution in [2.24, 2.45) is 0 Å². The predicted octanol–water partition coefficient (Wildman–Crippen LogP) is 6.35. The number of nitrogens with zero attached hydrogens (tertiary/aromatic N) is 1. The van der Waals surface area contributed by atoms with Crippen molar-refractivity contribution in [3.8, 4) is 17.6 Å². The molecule has 2 unspecified atom stereocenters. The molecule has 0 spiro atoms. The van der Waals surface area contributed by atoms with Crippen LogP contribution in [0.5, 0.6) is 5.75 Å². The summed E-state index contributed by atoms with van der Waals surface area (Å²) in [6, 6.07) is 4.69. The molecule has 2 heterocycles. The third-order valence-electron chi connectivity index (χ3n) is 8.37. The Morgan fingerprint density at radius 3 is 2.64 bits per heavy atom. The van der Waals surface area contributed by atoms with Gasteiger partial charge in [0.25, 0.3) is 0 Å². The van der Waals surface area contributed by atoms with Gasteiger partial charge in [0.2, 0.25) is 0 Å². The molecule has 2 aliphatic heterocycles. The highest BCUT2D eigenvalue weighted by atomic mass is 32.2. The molecule has 0 aromatic heterocycles. The zero-order valence-corrected chi connectivity index (χ0v) is 26.5. The molecule has 2 N–H and O–H groups in total. The Morgan fingerprint density at radius 1 is 1.26 bits per heavy atom. The van der Waals surface area contributed by atoms with Crippen molar-refractivity contribution in [1.29, 1.82) is 0 Å². The van der Waals surface area contributed by atoms with Crippen LogP contribution in [0.2, 0.25) is 0 Å². The number of rotatable bonds is 9. The highest BCUT2D eigenvalue weighted by Crippen LogP contribution is 2.55. The average molecular weight is 626 g/mol. The summed E-state index contributed by atoms with van der Waals surface area (Å²) in [5.41, 5.74) is 1.42. The van der Waals surface area contributed by atoms with E-state index in [0.29, 0.717) is 47.2 Å². The van der Waals surface area contributed by atoms with Crippen LogP contribution in [0, 0.1) is 11.8 Å². The van der Waals surface area contributed by atoms with Crippen molar-refractivity contribution in [3.63, 3.8) is 0 Å². The third-order valence-corrected chi connectivity index (χ3v) is 13.1. The molecule has 5 nitrogen and oxygen atoms in total. The molecular formula is C31H40F4N3O2PS. The van der Waals surface area contributed by atoms with Crippen LogP contribution in [-0.4, -0.2) is 80.2 Å². The SMILES string of the molecule is CCP(=O)(CC)c1ccc(NCC#CC2=C(CC(F)(F)F)C3=CC=CC(N[C@H]4CCN(C)C[C@H]4F)C3(C)S2)c(OC)c1. The number of hydrogen-bond donors (Lipinski definition) is 2. The molecule has 230 valence electrons. The van der Waals surface area contributed by atoms with E-state index in [0.717, 1.165) is 11.8 Å². The van der Waals surface area contributed by atoms with Crippen LogP contribution < -0.4 is 20.7 Å². The number of allylic oxidation sites excluding steroid dienone is 4. The summed E-state index contributed by atoms with van der Waals surface area (Å²) in [5.74, 6) is 6.53. The van der Waals surface area contributed by atoms with Crippen LogP contribution >= 0.6 is 18.9 Å². The largest absolute Gasteiger partial charge is 0.495 e. The molecule has 1 aromatic carbocycles. The van der Waals surface area contributed by atoms with Gasteiger partial charge in [-0.3, -0.25) is 0 Å². The maximum Gasteiger partial charge on any atom is 0.393 e. The van der Waals surface area contributed by atoms with Gasteiger partial charge < -0.3 is 24.8 Å². The minimum atomic E-state index is -4.40. The molecule has 0 radical (unpaired) electrons. The van der Waals surface area contributed by atoms with Gasteiger partial charge in [0.1, 0.15) is 19.1 Å². The zero-order valence-electron chi connectivity index (χ0n) is 24.8. The number of methoxy groups -OCH3 is 1. The lowest BCUT2D eigenvalue weighted by Crippen LogP contribution is -2.57. The predicted molar refractivity (Wildman–Crippen MR) is 166 cm³/mol. The Kier molecular flexibility index (Phi) is 10.3. The van der Waals surface area contributed by atoms with Crippen LogP contribution in [0.25, 0.3) is 0 Å². The van der Waals surface area contributed by atoms with E-state index in [-0.39, 0.29) is 24.2 Å². The molecule has 1 aliphatic carbocycles. The van der Waals surface area contributed by atoms with E-state index < -0.39 is 30.7 Å². The lowest BCUT2D eigenvalue weighted by atomic mass is 9.82. The number of anilines is 1. The number of alkyl halides is 4. The third kappa shape index (κ3) is 7.13. The molecule has 0 bridgehead atoms. The molecule has 1 aromatic rings. The van der Waals surface area contributed by atoms with E-state index in [1.54, 1.807) is 24.3 Å². The molecule has 0 saturated carbocycles. The summed E-state index contributed by atoms with van der Waals surface area (Å²) < 4.78 is 74.0. The van der Waals surface area contributed by atoms with Gasteiger partial charge in [0, 0.05) is 36.3 Å². The average Bonchev–Trinajstić information content (AvgIpc) is 3.22. The number of thioether (sulfide) groups is 1. The molecule has 3 aliphatic rings. The van der Waals surface area contributed by atoms with Gasteiger partial charge in [-0.2, -0.15) is 13.2 Å². The number of benzene rings is 1. The van der Waals surface area contributed by atoms with Crippen LogP contribution in [-0.2, 0) is 4.57 Å². The van der Waals surface area contributed by atoms with Gasteiger partial charge in [-0.1, -0.05) is 43.9 Å². The number of nitrogens with one attached hydrogen (secondary N) is 2. The lowest BCUT2D eigenvalue weighted by molar-refractivity contribution is -0.126. The highest BCUT2D eigenvalue weighted by molar-refractivity contribution is 8.05. The first-order valence-electron chi connectivity index (χ1n) is 14.3. The molecule has 4 atom stereocenters. The van der Waals surface area contributed by atoms with E-state index in [9.17, 15) is 22.1 Å². The van der Waals surface area contributed by atoms with E-state index >= 15 is 0 Å². The normalized spacial score (nSPS) is 26.4. The summed E-state index contributed by atoms with van der Waals surface area (Å²) in [7, 11) is 0.936. The second-order valence-electron chi connectivity index (χ2n) is 11.2. The zero-order chi connectivity index (χ0) is 30.7. The molecule has 4 rings (SSSR count). The lowest BCUT2D eigenvalue weighted by Gasteiger charge is -2.41. The fourth-order valence-electron chi connectivity index (χ4n) is 5.79. The van der Waals surface area contributed by atoms with Crippen molar-refractivity contribution in [3.05, 3.63) is 52.5 Å². The Hall–Kier alpha value is -2.18. The fraction of sp³-hybridized carbons (Fsp3) is 0.548. The number of ether oxygens (including phenoxy) is 1. The molecule has 1 fully saturated rings. The van der Waals surface area contributed by atoms with Crippen molar-refractivity contribution < 1.29 is 26.9 Å². The van der Waals surface area contributed by atoms with Gasteiger partial charge >= 0.3 is 6.18 Å². The summed E-state index contributed by atoms with van der Waals surface area (Å²) in [4.78, 5) is 2.33. The fourth-order valence-corrected chi connectivity index (χ4v) is 9.10. The van der Waals surface area contributed by atoms with Gasteiger partial charge in [-0.15, -0.1) is 11.8 Å². The number of piperidine rings is 1. The molecule has 0 amide bonds. The van der Waals surface area contributed by atoms with Gasteiger partial charge in [-0.05, 0) is 56.3 Å². The van der Waals surface area contributed by atoms with Crippen molar-refractivity contribution >= 4 is 29.9 Å². The molecular weight excluding hydrogens is 585 g/mol. The number of likely N-dealkylation sites (tertiary alicyclic amines) is 1. The summed E-state index contributed by atoms with van der Waals surface area (Å²) >= 11 is 1.32. The molecule has 42 heavy (non-hydrogen) atoms. The first kappa shape index (κ1) is 32.7. The second-order valence-corrected chi connectivity index (χ2v) is 16.2. The van der Waals surface area contributed by atoms with Crippen LogP contribution in [0.4, 0.5) is 23.2 Å². The van der Waals surface area contributed by atoms with E-state index in [4.69, 9.17) is 4.74 Å². The van der Waals surface area contributed by atoms with Gasteiger partial charge in [-0.25, -0.2) is 4.39 Å². The minimum Gasteiger partial charge on any atom is -0.495 e. The van der Waals surface area contributed by atoms with Gasteiger partial charge in [0.15, 0.2) is 0 Å². The smallest absolute Gasteiger partial charge is 0.393 e. The monoisotopic (exact) mass is 625 g/mol. The van der Waals surface area contributed by atoms with Crippen LogP contribution in [0.15, 0.2) is 52.5 Å². The molecule has 1 saturated heterocycles. The van der Waals surface area contributed by atoms with Crippen molar-refractivity contribution in [2.45, 2.75) is 62.8 Å². The summed E-state index contributed by atoms with van der Waals surface area (Å²) in [6.45, 7) is 6.99. The van der Waals surface area contributed by atoms with Crippen LogP contribution in [0.3, 0.4) is 0 Å². The number of fused-ring (bicyclic) bond motifs is 1. The summed E-state index contributed by atoms with van der Waals surface area (Å²) in [5, 5.41) is 7.35. The number of halogens is 4. The Morgan fingerprint density at radius 2 is 2.00 bits per heavy atom. The summed E-state index contributed by atoms with van der Waals surface area (Å²) in [6.07, 6.45) is 0.618. The van der Waals surface area contributed by atoms with Crippen molar-refractivity contribution in [1.82, 2.24) is 10.2 Å². The maximum absolute atomic E-state index is 14.9. The first-order chi connectivity index (χ1) is 19.8. The minimum absolute atomic E-state index is 0.174. The Balaban J connectivity index is 1.54.